The summed E-state index contributed by atoms with van der Waals surface area (Å²) >= 11 is 0. The van der Waals surface area contributed by atoms with Gasteiger partial charge in [0.2, 0.25) is 0 Å². The van der Waals surface area contributed by atoms with Gasteiger partial charge in [-0.25, -0.2) is 0 Å². The Hall–Kier alpha value is -0.900. The summed E-state index contributed by atoms with van der Waals surface area (Å²) in [4.78, 5) is 0. The lowest BCUT2D eigenvalue weighted by molar-refractivity contribution is 0.549. The summed E-state index contributed by atoms with van der Waals surface area (Å²) in [5.41, 5.74) is 6.06. The summed E-state index contributed by atoms with van der Waals surface area (Å²) in [6.45, 7) is 4.15. The van der Waals surface area contributed by atoms with E-state index in [1.807, 2.05) is 6.92 Å². The van der Waals surface area contributed by atoms with E-state index in [4.69, 9.17) is 5.73 Å². The van der Waals surface area contributed by atoms with Gasteiger partial charge in [-0.3, -0.25) is 0 Å². The monoisotopic (exact) mass is 194 g/mol. The van der Waals surface area contributed by atoms with Crippen molar-refractivity contribution in [1.82, 2.24) is 14.8 Å². The van der Waals surface area contributed by atoms with E-state index in [-0.39, 0.29) is 6.04 Å². The lowest BCUT2D eigenvalue weighted by Gasteiger charge is -2.12. The average Bonchev–Trinajstić information content (AvgIpc) is 2.90. The first-order valence-electron chi connectivity index (χ1n) is 5.41. The van der Waals surface area contributed by atoms with Crippen molar-refractivity contribution in [1.29, 1.82) is 0 Å². The smallest absolute Gasteiger partial charge is 0.150 e. The minimum absolute atomic E-state index is 0.0572. The van der Waals surface area contributed by atoms with Gasteiger partial charge in [-0.05, 0) is 26.2 Å². The Labute approximate surface area is 84.5 Å². The zero-order valence-electron chi connectivity index (χ0n) is 8.90. The number of hydrogen-bond donors (Lipinski definition) is 1. The minimum Gasteiger partial charge on any atom is -0.321 e. The van der Waals surface area contributed by atoms with Gasteiger partial charge in [0, 0.05) is 6.04 Å². The van der Waals surface area contributed by atoms with Crippen LogP contribution in [-0.2, 0) is 0 Å². The Kier molecular flexibility index (Phi) is 2.54. The second-order valence-corrected chi connectivity index (χ2v) is 4.10. The van der Waals surface area contributed by atoms with Crippen molar-refractivity contribution in [2.45, 2.75) is 51.6 Å². The fourth-order valence-corrected chi connectivity index (χ4v) is 1.86. The quantitative estimate of drug-likeness (QED) is 0.794. The van der Waals surface area contributed by atoms with E-state index >= 15 is 0 Å². The lowest BCUT2D eigenvalue weighted by atomic mass is 10.1. The standard InChI is InChI=1S/C10H18N4/c1-3-4-9(11)10-13-12-7(2)14(10)8-5-6-8/h8-9H,3-6,11H2,1-2H3/t9-/m0/s1. The largest absolute Gasteiger partial charge is 0.321 e. The summed E-state index contributed by atoms with van der Waals surface area (Å²) in [6, 6.07) is 0.685. The first kappa shape index (κ1) is 9.65. The van der Waals surface area contributed by atoms with Crippen LogP contribution in [0.5, 0.6) is 0 Å². The highest BCUT2D eigenvalue weighted by atomic mass is 15.3. The zero-order chi connectivity index (χ0) is 10.1. The van der Waals surface area contributed by atoms with Crippen LogP contribution in [0, 0.1) is 6.92 Å². The summed E-state index contributed by atoms with van der Waals surface area (Å²) in [5.74, 6) is 1.99. The molecule has 0 radical (unpaired) electrons. The van der Waals surface area contributed by atoms with Gasteiger partial charge in [-0.1, -0.05) is 13.3 Å². The van der Waals surface area contributed by atoms with Crippen LogP contribution < -0.4 is 5.73 Å². The predicted molar refractivity (Wildman–Crippen MR) is 54.9 cm³/mol. The molecule has 0 spiro atoms. The number of rotatable bonds is 4. The van der Waals surface area contributed by atoms with E-state index < -0.39 is 0 Å². The van der Waals surface area contributed by atoms with Gasteiger partial charge in [0.25, 0.3) is 0 Å². The first-order valence-corrected chi connectivity index (χ1v) is 5.41. The van der Waals surface area contributed by atoms with E-state index in [9.17, 15) is 0 Å². The molecule has 1 aromatic rings. The fourth-order valence-electron chi connectivity index (χ4n) is 1.86. The van der Waals surface area contributed by atoms with Gasteiger partial charge in [0.1, 0.15) is 11.6 Å². The molecule has 1 saturated carbocycles. The Bertz CT molecular complexity index is 314. The summed E-state index contributed by atoms with van der Waals surface area (Å²) in [6.07, 6.45) is 4.60. The maximum absolute atomic E-state index is 6.06. The first-order chi connectivity index (χ1) is 6.74. The third-order valence-electron chi connectivity index (χ3n) is 2.74. The van der Waals surface area contributed by atoms with Crippen molar-refractivity contribution in [2.75, 3.05) is 0 Å². The molecule has 0 amide bonds. The topological polar surface area (TPSA) is 56.7 Å². The summed E-state index contributed by atoms with van der Waals surface area (Å²) in [7, 11) is 0. The normalized spacial score (nSPS) is 18.5. The molecule has 0 aromatic carbocycles. The molecule has 2 rings (SSSR count). The van der Waals surface area contributed by atoms with Crippen LogP contribution in [0.4, 0.5) is 0 Å². The van der Waals surface area contributed by atoms with Gasteiger partial charge >= 0.3 is 0 Å². The van der Waals surface area contributed by atoms with Crippen molar-refractivity contribution in [3.8, 4) is 0 Å². The van der Waals surface area contributed by atoms with Crippen LogP contribution >= 0.6 is 0 Å². The molecule has 78 valence electrons. The molecule has 4 nitrogen and oxygen atoms in total. The van der Waals surface area contributed by atoms with Gasteiger partial charge in [-0.15, -0.1) is 10.2 Å². The third-order valence-corrected chi connectivity index (χ3v) is 2.74. The minimum atomic E-state index is 0.0572. The Balaban J connectivity index is 2.23. The molecule has 1 aliphatic rings. The molecule has 2 N–H and O–H groups in total. The van der Waals surface area contributed by atoms with Crippen LogP contribution in [0.2, 0.25) is 0 Å². The molecule has 1 aliphatic carbocycles. The molecule has 1 aromatic heterocycles. The van der Waals surface area contributed by atoms with Crippen molar-refractivity contribution >= 4 is 0 Å². The second-order valence-electron chi connectivity index (χ2n) is 4.10. The van der Waals surface area contributed by atoms with Gasteiger partial charge in [0.05, 0.1) is 6.04 Å². The maximum atomic E-state index is 6.06. The highest BCUT2D eigenvalue weighted by Crippen LogP contribution is 2.37. The Morgan fingerprint density at radius 1 is 1.50 bits per heavy atom. The van der Waals surface area contributed by atoms with Crippen molar-refractivity contribution in [3.63, 3.8) is 0 Å². The van der Waals surface area contributed by atoms with Crippen molar-refractivity contribution in [3.05, 3.63) is 11.6 Å². The van der Waals surface area contributed by atoms with E-state index in [0.717, 1.165) is 24.5 Å². The van der Waals surface area contributed by atoms with Crippen LogP contribution in [0.1, 0.15) is 56.3 Å². The van der Waals surface area contributed by atoms with Gasteiger partial charge < -0.3 is 10.3 Å². The van der Waals surface area contributed by atoms with Gasteiger partial charge in [-0.2, -0.15) is 0 Å². The second kappa shape index (κ2) is 3.69. The van der Waals surface area contributed by atoms with Crippen LogP contribution in [0.15, 0.2) is 0 Å². The molecular weight excluding hydrogens is 176 g/mol. The number of aromatic nitrogens is 3. The van der Waals surface area contributed by atoms with Crippen LogP contribution in [0.3, 0.4) is 0 Å². The molecular formula is C10H18N4. The van der Waals surface area contributed by atoms with E-state index in [1.54, 1.807) is 0 Å². The lowest BCUT2D eigenvalue weighted by Crippen LogP contribution is -2.16. The fraction of sp³-hybridized carbons (Fsp3) is 0.800. The molecule has 1 atom stereocenters. The number of nitrogens with two attached hydrogens (primary N) is 1. The Morgan fingerprint density at radius 2 is 2.21 bits per heavy atom. The van der Waals surface area contributed by atoms with E-state index in [2.05, 4.69) is 21.7 Å². The maximum Gasteiger partial charge on any atom is 0.150 e. The van der Waals surface area contributed by atoms with Crippen LogP contribution in [-0.4, -0.2) is 14.8 Å². The van der Waals surface area contributed by atoms with Gasteiger partial charge in [0.15, 0.2) is 0 Å². The molecule has 14 heavy (non-hydrogen) atoms. The number of nitrogens with zero attached hydrogens (tertiary/aromatic N) is 3. The summed E-state index contributed by atoms with van der Waals surface area (Å²) in [5, 5.41) is 8.30. The van der Waals surface area contributed by atoms with Crippen molar-refractivity contribution in [2.24, 2.45) is 5.73 Å². The molecule has 0 unspecified atom stereocenters. The molecule has 0 bridgehead atoms. The summed E-state index contributed by atoms with van der Waals surface area (Å²) < 4.78 is 2.22. The number of aryl methyl sites for hydroxylation is 1. The van der Waals surface area contributed by atoms with E-state index in [1.165, 1.54) is 12.8 Å². The SMILES string of the molecule is CCC[C@H](N)c1nnc(C)n1C1CC1. The zero-order valence-corrected chi connectivity index (χ0v) is 8.90. The third kappa shape index (κ3) is 1.66. The molecule has 1 heterocycles. The van der Waals surface area contributed by atoms with E-state index in [0.29, 0.717) is 6.04 Å². The van der Waals surface area contributed by atoms with Crippen molar-refractivity contribution < 1.29 is 0 Å². The Morgan fingerprint density at radius 3 is 2.79 bits per heavy atom. The molecule has 4 heteroatoms. The van der Waals surface area contributed by atoms with Crippen LogP contribution in [0.25, 0.3) is 0 Å². The molecule has 0 aliphatic heterocycles. The highest BCUT2D eigenvalue weighted by Gasteiger charge is 2.29. The predicted octanol–water partition coefficient (Wildman–Crippen LogP) is 1.72. The molecule has 0 saturated heterocycles. The highest BCUT2D eigenvalue weighted by molar-refractivity contribution is 5.04. The average molecular weight is 194 g/mol. The number of hydrogen-bond acceptors (Lipinski definition) is 3. The molecule has 1 fully saturated rings.